The third-order valence-electron chi connectivity index (χ3n) is 4.86. The van der Waals surface area contributed by atoms with Gasteiger partial charge < -0.3 is 15.3 Å². The van der Waals surface area contributed by atoms with Crippen LogP contribution in [-0.2, 0) is 4.79 Å². The van der Waals surface area contributed by atoms with Crippen LogP contribution in [0.3, 0.4) is 0 Å². The van der Waals surface area contributed by atoms with E-state index in [1.54, 1.807) is 32.9 Å². The highest BCUT2D eigenvalue weighted by atomic mass is 19.1. The van der Waals surface area contributed by atoms with E-state index in [1.165, 1.54) is 12.1 Å². The van der Waals surface area contributed by atoms with Crippen LogP contribution in [0.2, 0.25) is 0 Å². The minimum atomic E-state index is -0.828. The van der Waals surface area contributed by atoms with Gasteiger partial charge in [0.25, 0.3) is 0 Å². The number of hydrogen-bond acceptors (Lipinski definition) is 3. The zero-order chi connectivity index (χ0) is 20.1. The van der Waals surface area contributed by atoms with Crippen molar-refractivity contribution in [2.45, 2.75) is 46.5 Å². The molecule has 0 bridgehead atoms. The fourth-order valence-electron chi connectivity index (χ4n) is 3.11. The molecule has 0 amide bonds. The molecular weight excluding hydrogens is 347 g/mol. The van der Waals surface area contributed by atoms with E-state index in [2.05, 4.69) is 0 Å². The Morgan fingerprint density at radius 3 is 2.15 bits per heavy atom. The maximum absolute atomic E-state index is 13.4. The number of hydrogen-bond donors (Lipinski definition) is 3. The van der Waals surface area contributed by atoms with Gasteiger partial charge in [0.2, 0.25) is 0 Å². The number of halogens is 1. The van der Waals surface area contributed by atoms with Crippen molar-refractivity contribution in [1.29, 1.82) is 0 Å². The predicted molar refractivity (Wildman–Crippen MR) is 104 cm³/mol. The Morgan fingerprint density at radius 2 is 1.56 bits per heavy atom. The fourth-order valence-corrected chi connectivity index (χ4v) is 3.11. The van der Waals surface area contributed by atoms with Gasteiger partial charge >= 0.3 is 5.97 Å². The van der Waals surface area contributed by atoms with Gasteiger partial charge in [-0.25, -0.2) is 4.39 Å². The second-order valence-electron chi connectivity index (χ2n) is 6.71. The molecule has 0 aliphatic heterocycles. The molecule has 0 heterocycles. The van der Waals surface area contributed by atoms with Gasteiger partial charge in [-0.2, -0.15) is 0 Å². The van der Waals surface area contributed by atoms with Crippen LogP contribution in [0.15, 0.2) is 30.3 Å². The minimum Gasteiger partial charge on any atom is -0.507 e. The van der Waals surface area contributed by atoms with Crippen molar-refractivity contribution in [3.63, 3.8) is 0 Å². The van der Waals surface area contributed by atoms with Gasteiger partial charge in [-0.05, 0) is 74.4 Å². The van der Waals surface area contributed by atoms with Crippen molar-refractivity contribution >= 4 is 11.5 Å². The largest absolute Gasteiger partial charge is 0.507 e. The smallest absolute Gasteiger partial charge is 0.303 e. The summed E-state index contributed by atoms with van der Waals surface area (Å²) in [6.07, 6.45) is 3.84. The van der Waals surface area contributed by atoms with Crippen LogP contribution in [0, 0.1) is 26.6 Å². The first-order valence-electron chi connectivity index (χ1n) is 8.94. The molecule has 2 aromatic rings. The average Bonchev–Trinajstić information content (AvgIpc) is 2.63. The molecule has 27 heavy (non-hydrogen) atoms. The summed E-state index contributed by atoms with van der Waals surface area (Å²) in [5.41, 5.74) is 3.69. The number of aromatic hydroxyl groups is 2. The Labute approximate surface area is 158 Å². The highest BCUT2D eigenvalue weighted by molar-refractivity contribution is 5.86. The average molecular weight is 372 g/mol. The number of carboxylic acid groups (broad SMARTS) is 1. The van der Waals surface area contributed by atoms with Gasteiger partial charge in [0.1, 0.15) is 17.3 Å². The number of carbonyl (C=O) groups is 1. The van der Waals surface area contributed by atoms with E-state index in [0.29, 0.717) is 47.1 Å². The molecule has 0 unspecified atom stereocenters. The van der Waals surface area contributed by atoms with Crippen LogP contribution in [-0.4, -0.2) is 21.3 Å². The monoisotopic (exact) mass is 372 g/mol. The van der Waals surface area contributed by atoms with Crippen LogP contribution >= 0.6 is 0 Å². The molecule has 2 rings (SSSR count). The summed E-state index contributed by atoms with van der Waals surface area (Å²) in [7, 11) is 0. The topological polar surface area (TPSA) is 77.8 Å². The Bertz CT molecular complexity index is 838. The van der Waals surface area contributed by atoms with Crippen LogP contribution in [0.4, 0.5) is 4.39 Å². The number of aliphatic carboxylic acids is 1. The lowest BCUT2D eigenvalue weighted by Gasteiger charge is -2.19. The van der Waals surface area contributed by atoms with Crippen molar-refractivity contribution in [3.05, 3.63) is 64.0 Å². The first-order valence-corrected chi connectivity index (χ1v) is 8.94. The van der Waals surface area contributed by atoms with Gasteiger partial charge in [-0.3, -0.25) is 4.79 Å². The molecule has 0 aromatic heterocycles. The summed E-state index contributed by atoms with van der Waals surface area (Å²) in [4.78, 5) is 10.7. The lowest BCUT2D eigenvalue weighted by molar-refractivity contribution is -0.137. The van der Waals surface area contributed by atoms with Crippen molar-refractivity contribution < 1.29 is 24.5 Å². The summed E-state index contributed by atoms with van der Waals surface area (Å²) in [5, 5.41) is 29.9. The predicted octanol–water partition coefficient (Wildman–Crippen LogP) is 5.24. The maximum atomic E-state index is 13.4. The van der Waals surface area contributed by atoms with Crippen LogP contribution in [0.1, 0.15) is 53.5 Å². The Kier molecular flexibility index (Phi) is 6.61. The molecule has 0 atom stereocenters. The lowest BCUT2D eigenvalue weighted by atomic mass is 9.88. The van der Waals surface area contributed by atoms with E-state index in [-0.39, 0.29) is 23.7 Å². The van der Waals surface area contributed by atoms with E-state index in [0.717, 1.165) is 5.56 Å². The van der Waals surface area contributed by atoms with Crippen LogP contribution in [0.25, 0.3) is 5.57 Å². The molecule has 0 saturated carbocycles. The van der Waals surface area contributed by atoms with Gasteiger partial charge in [0.05, 0.1) is 0 Å². The summed E-state index contributed by atoms with van der Waals surface area (Å²) in [6.45, 7) is 5.22. The van der Waals surface area contributed by atoms with Gasteiger partial charge in [-0.1, -0.05) is 18.2 Å². The lowest BCUT2D eigenvalue weighted by Crippen LogP contribution is -1.98. The summed E-state index contributed by atoms with van der Waals surface area (Å²) < 4.78 is 13.4. The van der Waals surface area contributed by atoms with Crippen molar-refractivity contribution in [2.24, 2.45) is 0 Å². The molecule has 0 radical (unpaired) electrons. The number of rotatable bonds is 7. The van der Waals surface area contributed by atoms with Gasteiger partial charge in [-0.15, -0.1) is 0 Å². The number of carboxylic acids is 1. The first-order chi connectivity index (χ1) is 12.7. The molecule has 3 N–H and O–H groups in total. The maximum Gasteiger partial charge on any atom is 0.303 e. The summed E-state index contributed by atoms with van der Waals surface area (Å²) >= 11 is 0. The Balaban J connectivity index is 2.50. The fraction of sp³-hybridized carbons (Fsp3) is 0.318. The van der Waals surface area contributed by atoms with E-state index in [4.69, 9.17) is 5.11 Å². The zero-order valence-electron chi connectivity index (χ0n) is 15.8. The van der Waals surface area contributed by atoms with Crippen molar-refractivity contribution in [3.8, 4) is 11.5 Å². The molecule has 2 aromatic carbocycles. The molecule has 0 aliphatic carbocycles. The number of unbranched alkanes of at least 4 members (excludes halogenated alkanes) is 2. The second-order valence-corrected chi connectivity index (χ2v) is 6.71. The third-order valence-corrected chi connectivity index (χ3v) is 4.86. The highest BCUT2D eigenvalue weighted by Gasteiger charge is 2.20. The molecule has 0 saturated heterocycles. The van der Waals surface area contributed by atoms with E-state index in [9.17, 15) is 19.4 Å². The van der Waals surface area contributed by atoms with E-state index < -0.39 is 5.97 Å². The molecule has 4 nitrogen and oxygen atoms in total. The molecule has 0 aliphatic rings. The van der Waals surface area contributed by atoms with E-state index >= 15 is 0 Å². The highest BCUT2D eigenvalue weighted by Crippen LogP contribution is 2.42. The number of phenolic OH excluding ortho intramolecular Hbond substituents is 2. The van der Waals surface area contributed by atoms with Gasteiger partial charge in [0, 0.05) is 17.5 Å². The quantitative estimate of drug-likeness (QED) is 0.459. The molecule has 0 fully saturated rings. The molecule has 5 heteroatoms. The normalized spacial score (nSPS) is 11.6. The Hall–Kier alpha value is -2.82. The summed E-state index contributed by atoms with van der Waals surface area (Å²) in [5.74, 6) is -0.975. The number of benzene rings is 2. The van der Waals surface area contributed by atoms with Crippen LogP contribution in [0.5, 0.6) is 11.5 Å². The van der Waals surface area contributed by atoms with Gasteiger partial charge in [0.15, 0.2) is 0 Å². The second kappa shape index (κ2) is 8.71. The third kappa shape index (κ3) is 4.67. The number of phenols is 2. The van der Waals surface area contributed by atoms with E-state index in [1.807, 2.05) is 6.08 Å². The molecule has 0 spiro atoms. The zero-order valence-corrected chi connectivity index (χ0v) is 15.8. The minimum absolute atomic E-state index is 0.0870. The summed E-state index contributed by atoms with van der Waals surface area (Å²) in [6, 6.07) is 5.95. The first kappa shape index (κ1) is 20.5. The number of allylic oxidation sites excluding steroid dienone is 1. The Morgan fingerprint density at radius 1 is 0.963 bits per heavy atom. The molecule has 144 valence electrons. The SMILES string of the molecule is Cc1c(C)c(O)c(/C(=C/CCCCC(=O)O)c2ccc(F)cc2)c(C)c1O. The van der Waals surface area contributed by atoms with Crippen LogP contribution < -0.4 is 0 Å². The standard InChI is InChI=1S/C22H25FO4/c1-13-14(2)22(27)20(15(3)21(13)26)18(7-5-4-6-8-19(24)25)16-9-11-17(23)12-10-16/h7,9-12,26-27H,4-6,8H2,1-3H3,(H,24,25)/b18-7+. The van der Waals surface area contributed by atoms with Crippen molar-refractivity contribution in [2.75, 3.05) is 0 Å². The molecular formula is C22H25FO4. The van der Waals surface area contributed by atoms with Crippen molar-refractivity contribution in [1.82, 2.24) is 0 Å².